The fourth-order valence-corrected chi connectivity index (χ4v) is 4.31. The van der Waals surface area contributed by atoms with Gasteiger partial charge >= 0.3 is 12.1 Å². The highest BCUT2D eigenvalue weighted by molar-refractivity contribution is 5.97. The van der Waals surface area contributed by atoms with E-state index in [1.54, 1.807) is 51.7 Å². The van der Waals surface area contributed by atoms with Crippen molar-refractivity contribution in [3.05, 3.63) is 42.1 Å². The highest BCUT2D eigenvalue weighted by Crippen LogP contribution is 2.19. The number of amides is 3. The molecule has 234 valence electrons. The van der Waals surface area contributed by atoms with E-state index in [2.05, 4.69) is 20.6 Å². The van der Waals surface area contributed by atoms with Gasteiger partial charge in [0.2, 0.25) is 5.91 Å². The molecule has 2 atom stereocenters. The molecule has 2 heterocycles. The van der Waals surface area contributed by atoms with Gasteiger partial charge in [-0.05, 0) is 41.0 Å². The quantitative estimate of drug-likeness (QED) is 0.328. The van der Waals surface area contributed by atoms with Gasteiger partial charge in [-0.25, -0.2) is 14.8 Å². The summed E-state index contributed by atoms with van der Waals surface area (Å²) in [6, 6.07) is 9.48. The molecule has 0 aliphatic carbocycles. The van der Waals surface area contributed by atoms with Gasteiger partial charge in [-0.3, -0.25) is 14.4 Å². The maximum absolute atomic E-state index is 13.6. The molecule has 1 saturated heterocycles. The first-order valence-corrected chi connectivity index (χ1v) is 14.5. The van der Waals surface area contributed by atoms with E-state index >= 15 is 0 Å². The van der Waals surface area contributed by atoms with Crippen molar-refractivity contribution in [3.8, 4) is 11.4 Å². The van der Waals surface area contributed by atoms with Crippen molar-refractivity contribution in [2.45, 2.75) is 65.2 Å². The van der Waals surface area contributed by atoms with E-state index in [-0.39, 0.29) is 69.6 Å². The molecule has 3 N–H and O–H groups in total. The molecule has 3 amide bonds. The number of esters is 1. The number of nitrogens with one attached hydrogen (secondary N) is 2. The Labute approximate surface area is 252 Å². The summed E-state index contributed by atoms with van der Waals surface area (Å²) in [5.74, 6) is -0.901. The monoisotopic (exact) mass is 598 g/mol. The van der Waals surface area contributed by atoms with Crippen molar-refractivity contribution in [1.82, 2.24) is 25.1 Å². The number of nitrogens with zero attached hydrogens (tertiary/aromatic N) is 4. The van der Waals surface area contributed by atoms with Gasteiger partial charge in [0.05, 0.1) is 12.7 Å². The largest absolute Gasteiger partial charge is 0.460 e. The third kappa shape index (κ3) is 10.5. The molecule has 43 heavy (non-hydrogen) atoms. The van der Waals surface area contributed by atoms with Crippen LogP contribution in [0.15, 0.2) is 36.4 Å². The molecule has 0 bridgehead atoms. The molecule has 13 nitrogen and oxygen atoms in total. The van der Waals surface area contributed by atoms with Gasteiger partial charge in [-0.15, -0.1) is 0 Å². The Morgan fingerprint density at radius 1 is 1.02 bits per heavy atom. The average molecular weight is 599 g/mol. The average Bonchev–Trinajstić information content (AvgIpc) is 2.97. The zero-order valence-electron chi connectivity index (χ0n) is 25.5. The SMILES string of the molecule is CCOC(=O)N1CCN(C(=O)C(CCC(=O)OC(C)(C)C)NC(=O)c2cc(NC[C@H](C)O)nc(-c3ccccc3)n2)CC1. The summed E-state index contributed by atoms with van der Waals surface area (Å²) in [7, 11) is 0. The van der Waals surface area contributed by atoms with Crippen molar-refractivity contribution >= 4 is 29.7 Å². The van der Waals surface area contributed by atoms with Gasteiger partial charge in [0.1, 0.15) is 23.2 Å². The van der Waals surface area contributed by atoms with Crippen LogP contribution in [0.2, 0.25) is 0 Å². The molecule has 0 radical (unpaired) electrons. The zero-order valence-corrected chi connectivity index (χ0v) is 25.5. The summed E-state index contributed by atoms with van der Waals surface area (Å²) in [5.41, 5.74) is -0.0218. The summed E-state index contributed by atoms with van der Waals surface area (Å²) in [6.07, 6.45) is -1.20. The Morgan fingerprint density at radius 2 is 1.67 bits per heavy atom. The van der Waals surface area contributed by atoms with Gasteiger partial charge in [0.15, 0.2) is 5.82 Å². The molecule has 1 fully saturated rings. The number of benzene rings is 1. The topological polar surface area (TPSA) is 163 Å². The standard InChI is InChI=1S/C30H42N6O7/c1-6-42-29(41)36-16-14-35(15-17-36)28(40)22(12-13-25(38)43-30(3,4)5)33-27(39)23-18-24(31-19-20(2)37)34-26(32-23)21-10-8-7-9-11-21/h7-11,18,20,22,37H,6,12-17,19H2,1-5H3,(H,33,39)(H,31,32,34)/t20-,22?/m0/s1. The molecule has 1 aliphatic rings. The number of carbonyl (C=O) groups excluding carboxylic acids is 4. The fourth-order valence-electron chi connectivity index (χ4n) is 4.31. The van der Waals surface area contributed by atoms with Gasteiger partial charge in [-0.1, -0.05) is 30.3 Å². The van der Waals surface area contributed by atoms with Gasteiger partial charge in [-0.2, -0.15) is 0 Å². The van der Waals surface area contributed by atoms with Crippen LogP contribution in [-0.2, 0) is 19.1 Å². The van der Waals surface area contributed by atoms with Crippen LogP contribution in [-0.4, -0.2) is 106 Å². The Morgan fingerprint density at radius 3 is 2.28 bits per heavy atom. The van der Waals surface area contributed by atoms with Gasteiger partial charge in [0.25, 0.3) is 5.91 Å². The lowest BCUT2D eigenvalue weighted by Gasteiger charge is -2.36. The van der Waals surface area contributed by atoms with Gasteiger partial charge in [0, 0.05) is 50.8 Å². The third-order valence-electron chi connectivity index (χ3n) is 6.35. The second-order valence-electron chi connectivity index (χ2n) is 11.2. The van der Waals surface area contributed by atoms with Crippen molar-refractivity contribution in [2.75, 3.05) is 44.6 Å². The molecule has 3 rings (SSSR count). The summed E-state index contributed by atoms with van der Waals surface area (Å²) >= 11 is 0. The molecule has 13 heteroatoms. The van der Waals surface area contributed by atoms with Crippen molar-refractivity contribution in [1.29, 1.82) is 0 Å². The van der Waals surface area contributed by atoms with Gasteiger partial charge < -0.3 is 35.0 Å². The van der Waals surface area contributed by atoms with Crippen molar-refractivity contribution in [2.24, 2.45) is 0 Å². The third-order valence-corrected chi connectivity index (χ3v) is 6.35. The van der Waals surface area contributed by atoms with Crippen LogP contribution < -0.4 is 10.6 Å². The Balaban J connectivity index is 1.83. The Bertz CT molecular complexity index is 1260. The molecule has 1 unspecified atom stereocenters. The Kier molecular flexibility index (Phi) is 11.8. The smallest absolute Gasteiger partial charge is 0.409 e. The lowest BCUT2D eigenvalue weighted by Crippen LogP contribution is -2.56. The fraction of sp³-hybridized carbons (Fsp3) is 0.533. The number of rotatable bonds is 11. The highest BCUT2D eigenvalue weighted by atomic mass is 16.6. The van der Waals surface area contributed by atoms with Crippen LogP contribution in [0.1, 0.15) is 57.9 Å². The molecule has 0 spiro atoms. The number of anilines is 1. The van der Waals surface area contributed by atoms with Crippen LogP contribution in [0.5, 0.6) is 0 Å². The summed E-state index contributed by atoms with van der Waals surface area (Å²) in [6.45, 7) is 10.1. The number of aliphatic hydroxyl groups is 1. The second-order valence-corrected chi connectivity index (χ2v) is 11.2. The van der Waals surface area contributed by atoms with Crippen LogP contribution in [0, 0.1) is 0 Å². The number of ether oxygens (including phenoxy) is 2. The minimum absolute atomic E-state index is 0.00133. The lowest BCUT2D eigenvalue weighted by molar-refractivity contribution is -0.155. The second kappa shape index (κ2) is 15.3. The molecule has 1 aromatic carbocycles. The Hall–Kier alpha value is -4.26. The van der Waals surface area contributed by atoms with E-state index in [0.717, 1.165) is 0 Å². The number of carbonyl (C=O) groups is 4. The minimum atomic E-state index is -1.06. The molecule has 0 saturated carbocycles. The predicted molar refractivity (Wildman–Crippen MR) is 159 cm³/mol. The summed E-state index contributed by atoms with van der Waals surface area (Å²) in [4.78, 5) is 63.8. The van der Waals surface area contributed by atoms with Crippen molar-refractivity contribution in [3.63, 3.8) is 0 Å². The number of aromatic nitrogens is 2. The van der Waals surface area contributed by atoms with E-state index in [0.29, 0.717) is 11.4 Å². The van der Waals surface area contributed by atoms with E-state index in [9.17, 15) is 24.3 Å². The molecule has 1 aromatic heterocycles. The normalized spacial score (nSPS) is 14.8. The first-order chi connectivity index (χ1) is 20.4. The van der Waals surface area contributed by atoms with E-state index in [1.807, 2.05) is 18.2 Å². The molecule has 1 aliphatic heterocycles. The zero-order chi connectivity index (χ0) is 31.6. The summed E-state index contributed by atoms with van der Waals surface area (Å²) < 4.78 is 10.5. The van der Waals surface area contributed by atoms with E-state index in [4.69, 9.17) is 9.47 Å². The number of hydrogen-bond acceptors (Lipinski definition) is 10. The number of aliphatic hydroxyl groups excluding tert-OH is 1. The lowest BCUT2D eigenvalue weighted by atomic mass is 10.1. The first-order valence-electron chi connectivity index (χ1n) is 14.5. The van der Waals surface area contributed by atoms with Crippen LogP contribution in [0.4, 0.5) is 10.6 Å². The van der Waals surface area contributed by atoms with Crippen LogP contribution in [0.3, 0.4) is 0 Å². The highest BCUT2D eigenvalue weighted by Gasteiger charge is 2.32. The molecule has 2 aromatic rings. The maximum Gasteiger partial charge on any atom is 0.409 e. The first kappa shape index (κ1) is 33.2. The number of hydrogen-bond donors (Lipinski definition) is 3. The molecular formula is C30H42N6O7. The van der Waals surface area contributed by atoms with E-state index < -0.39 is 35.7 Å². The predicted octanol–water partition coefficient (Wildman–Crippen LogP) is 2.46. The van der Waals surface area contributed by atoms with Crippen LogP contribution in [0.25, 0.3) is 11.4 Å². The maximum atomic E-state index is 13.6. The molecular weight excluding hydrogens is 556 g/mol. The van der Waals surface area contributed by atoms with Crippen LogP contribution >= 0.6 is 0 Å². The van der Waals surface area contributed by atoms with Crippen molar-refractivity contribution < 1.29 is 33.8 Å². The summed E-state index contributed by atoms with van der Waals surface area (Å²) in [5, 5.41) is 15.5. The minimum Gasteiger partial charge on any atom is -0.460 e. The number of piperazine rings is 1. The van der Waals surface area contributed by atoms with E-state index in [1.165, 1.54) is 11.0 Å².